The number of rotatable bonds is 10. The molecular weight excluding hydrogens is 506 g/mol. The maximum atomic E-state index is 13.6. The minimum absolute atomic E-state index is 0.132. The number of pyridine rings is 1. The predicted molar refractivity (Wildman–Crippen MR) is 151 cm³/mol. The number of hydrogen-bond acceptors (Lipinski definition) is 7. The molecule has 3 heterocycles. The summed E-state index contributed by atoms with van der Waals surface area (Å²) in [5, 5.41) is 11.2. The van der Waals surface area contributed by atoms with Crippen LogP contribution >= 0.6 is 0 Å². The first-order valence-electron chi connectivity index (χ1n) is 13.6. The molecule has 10 nitrogen and oxygen atoms in total. The zero-order valence-corrected chi connectivity index (χ0v) is 22.9. The lowest BCUT2D eigenvalue weighted by Gasteiger charge is -2.27. The fourth-order valence-electron chi connectivity index (χ4n) is 5.35. The number of aromatic nitrogens is 4. The molecule has 40 heavy (non-hydrogen) atoms. The Hall–Kier alpha value is -4.31. The van der Waals surface area contributed by atoms with Gasteiger partial charge in [-0.3, -0.25) is 14.6 Å². The molecule has 1 fully saturated rings. The normalized spacial score (nSPS) is 17.6. The van der Waals surface area contributed by atoms with Crippen LogP contribution in [0.1, 0.15) is 29.7 Å². The molecule has 0 radical (unpaired) electrons. The molecule has 3 unspecified atom stereocenters. The van der Waals surface area contributed by atoms with Crippen molar-refractivity contribution in [2.24, 2.45) is 18.7 Å². The van der Waals surface area contributed by atoms with Crippen LogP contribution < -0.4 is 15.8 Å². The number of fused-ring (bicyclic) bond motifs is 1. The minimum Gasteiger partial charge on any atom is -0.497 e. The summed E-state index contributed by atoms with van der Waals surface area (Å²) >= 11 is 0. The van der Waals surface area contributed by atoms with Crippen LogP contribution in [0.3, 0.4) is 0 Å². The quantitative estimate of drug-likeness (QED) is 0.316. The average Bonchev–Trinajstić information content (AvgIpc) is 3.58. The second-order valence-corrected chi connectivity index (χ2v) is 10.4. The number of nitrogens with two attached hydrogens (primary N) is 1. The van der Waals surface area contributed by atoms with Crippen molar-refractivity contribution < 1.29 is 14.3 Å². The van der Waals surface area contributed by atoms with E-state index in [-0.39, 0.29) is 17.7 Å². The van der Waals surface area contributed by atoms with Crippen molar-refractivity contribution in [3.8, 4) is 5.75 Å². The fourth-order valence-corrected chi connectivity index (χ4v) is 5.35. The van der Waals surface area contributed by atoms with Crippen molar-refractivity contribution in [1.82, 2.24) is 30.2 Å². The van der Waals surface area contributed by atoms with E-state index in [0.29, 0.717) is 32.4 Å². The summed E-state index contributed by atoms with van der Waals surface area (Å²) in [5.74, 6) is 0.547. The lowest BCUT2D eigenvalue weighted by Crippen LogP contribution is -2.51. The molecule has 4 aromatic rings. The second kappa shape index (κ2) is 12.3. The van der Waals surface area contributed by atoms with E-state index in [9.17, 15) is 9.59 Å². The number of ether oxygens (including phenoxy) is 1. The summed E-state index contributed by atoms with van der Waals surface area (Å²) in [6.45, 7) is 0.810. The zero-order chi connectivity index (χ0) is 28.1. The van der Waals surface area contributed by atoms with Crippen LogP contribution in [0, 0.1) is 5.92 Å². The predicted octanol–water partition coefficient (Wildman–Crippen LogP) is 2.41. The average molecular weight is 542 g/mol. The van der Waals surface area contributed by atoms with Crippen LogP contribution in [-0.4, -0.2) is 62.4 Å². The van der Waals surface area contributed by atoms with Crippen molar-refractivity contribution in [2.75, 3.05) is 13.7 Å². The molecule has 5 rings (SSSR count). The molecule has 3 atom stereocenters. The Kier molecular flexibility index (Phi) is 8.35. The van der Waals surface area contributed by atoms with Crippen LogP contribution in [0.25, 0.3) is 11.0 Å². The second-order valence-electron chi connectivity index (χ2n) is 10.4. The third-order valence-electron chi connectivity index (χ3n) is 7.55. The molecule has 0 spiro atoms. The largest absolute Gasteiger partial charge is 0.497 e. The van der Waals surface area contributed by atoms with Gasteiger partial charge in [0.25, 0.3) is 0 Å². The van der Waals surface area contributed by atoms with E-state index in [1.165, 1.54) is 0 Å². The van der Waals surface area contributed by atoms with E-state index in [0.717, 1.165) is 40.0 Å². The molecule has 1 saturated heterocycles. The number of aryl methyl sites for hydroxylation is 2. The van der Waals surface area contributed by atoms with Crippen LogP contribution in [0.15, 0.2) is 66.9 Å². The SMILES string of the molecule is COc1ccc(CC2CC(C(=O)NCc3ccc4c(c3)nnn4C)N(C(=O)C(N)CCc3ccccn3)C2)cc1. The summed E-state index contributed by atoms with van der Waals surface area (Å²) in [6, 6.07) is 18.1. The van der Waals surface area contributed by atoms with Crippen LogP contribution in [0.5, 0.6) is 5.75 Å². The van der Waals surface area contributed by atoms with Crippen molar-refractivity contribution in [2.45, 2.75) is 44.3 Å². The number of carbonyl (C=O) groups excluding carboxylic acids is 2. The molecule has 10 heteroatoms. The molecule has 2 aromatic heterocycles. The number of benzene rings is 2. The topological polar surface area (TPSA) is 128 Å². The van der Waals surface area contributed by atoms with Gasteiger partial charge in [0.2, 0.25) is 11.8 Å². The summed E-state index contributed by atoms with van der Waals surface area (Å²) in [4.78, 5) is 33.0. The van der Waals surface area contributed by atoms with E-state index in [1.807, 2.05) is 67.7 Å². The molecule has 2 aromatic carbocycles. The Morgan fingerprint density at radius 3 is 2.67 bits per heavy atom. The summed E-state index contributed by atoms with van der Waals surface area (Å²) < 4.78 is 6.98. The van der Waals surface area contributed by atoms with Gasteiger partial charge < -0.3 is 20.7 Å². The molecule has 0 bridgehead atoms. The van der Waals surface area contributed by atoms with Gasteiger partial charge in [0, 0.05) is 32.0 Å². The fraction of sp³-hybridized carbons (Fsp3) is 0.367. The molecular formula is C30H35N7O3. The number of nitrogens with zero attached hydrogens (tertiary/aromatic N) is 5. The lowest BCUT2D eigenvalue weighted by atomic mass is 9.96. The van der Waals surface area contributed by atoms with E-state index in [1.54, 1.807) is 22.9 Å². The number of methoxy groups -OCH3 is 1. The molecule has 208 valence electrons. The molecule has 1 aliphatic rings. The van der Waals surface area contributed by atoms with E-state index in [2.05, 4.69) is 20.6 Å². The van der Waals surface area contributed by atoms with Gasteiger partial charge in [-0.05, 0) is 79.1 Å². The monoisotopic (exact) mass is 541 g/mol. The molecule has 1 aliphatic heterocycles. The number of amides is 2. The van der Waals surface area contributed by atoms with Crippen molar-refractivity contribution in [3.63, 3.8) is 0 Å². The van der Waals surface area contributed by atoms with Gasteiger partial charge in [0.1, 0.15) is 17.3 Å². The van der Waals surface area contributed by atoms with Gasteiger partial charge in [0.05, 0.1) is 18.7 Å². The van der Waals surface area contributed by atoms with Crippen molar-refractivity contribution in [1.29, 1.82) is 0 Å². The first-order chi connectivity index (χ1) is 19.4. The Balaban J connectivity index is 1.27. The highest BCUT2D eigenvalue weighted by Crippen LogP contribution is 2.28. The highest BCUT2D eigenvalue weighted by Gasteiger charge is 2.40. The van der Waals surface area contributed by atoms with Gasteiger partial charge in [-0.1, -0.05) is 29.5 Å². The van der Waals surface area contributed by atoms with Crippen LogP contribution in [0.2, 0.25) is 0 Å². The first-order valence-corrected chi connectivity index (χ1v) is 13.6. The van der Waals surface area contributed by atoms with Gasteiger partial charge in [-0.2, -0.15) is 0 Å². The molecule has 3 N–H and O–H groups in total. The van der Waals surface area contributed by atoms with Gasteiger partial charge in [-0.15, -0.1) is 5.10 Å². The number of likely N-dealkylation sites (tertiary alicyclic amines) is 1. The Morgan fingerprint density at radius 2 is 1.93 bits per heavy atom. The molecule has 0 saturated carbocycles. The zero-order valence-electron chi connectivity index (χ0n) is 22.9. The summed E-state index contributed by atoms with van der Waals surface area (Å²) in [7, 11) is 3.48. The lowest BCUT2D eigenvalue weighted by molar-refractivity contribution is -0.139. The highest BCUT2D eigenvalue weighted by molar-refractivity contribution is 5.90. The Bertz CT molecular complexity index is 1460. The van der Waals surface area contributed by atoms with E-state index in [4.69, 9.17) is 10.5 Å². The Labute approximate surface area is 233 Å². The van der Waals surface area contributed by atoms with Gasteiger partial charge in [0.15, 0.2) is 0 Å². The van der Waals surface area contributed by atoms with Crippen LogP contribution in [0.4, 0.5) is 0 Å². The minimum atomic E-state index is -0.712. The molecule has 2 amide bonds. The maximum absolute atomic E-state index is 13.6. The highest BCUT2D eigenvalue weighted by atomic mass is 16.5. The summed E-state index contributed by atoms with van der Waals surface area (Å²) in [5.41, 5.74) is 11.0. The molecule has 0 aliphatic carbocycles. The van der Waals surface area contributed by atoms with E-state index >= 15 is 0 Å². The van der Waals surface area contributed by atoms with Crippen molar-refractivity contribution in [3.05, 3.63) is 83.7 Å². The van der Waals surface area contributed by atoms with Gasteiger partial charge in [-0.25, -0.2) is 4.68 Å². The maximum Gasteiger partial charge on any atom is 0.243 e. The third-order valence-corrected chi connectivity index (χ3v) is 7.55. The standard InChI is InChI=1S/C30H35N7O3/c1-36-27-13-8-21(16-26(27)34-35-36)18-33-29(38)28-17-22(15-20-6-10-24(40-2)11-7-20)19-37(28)30(39)25(31)12-9-23-5-3-4-14-32-23/h3-8,10-11,13-14,16,22,25,28H,9,12,15,17-19,31H2,1-2H3,(H,33,38). The summed E-state index contributed by atoms with van der Waals surface area (Å²) in [6.07, 6.45) is 4.11. The smallest absolute Gasteiger partial charge is 0.243 e. The van der Waals surface area contributed by atoms with Crippen LogP contribution in [-0.2, 0) is 36.0 Å². The van der Waals surface area contributed by atoms with Crippen molar-refractivity contribution >= 4 is 22.8 Å². The number of nitrogens with one attached hydrogen (secondary N) is 1. The van der Waals surface area contributed by atoms with Gasteiger partial charge >= 0.3 is 0 Å². The first kappa shape index (κ1) is 27.3. The van der Waals surface area contributed by atoms with E-state index < -0.39 is 12.1 Å². The third kappa shape index (κ3) is 6.28. The number of hydrogen-bond donors (Lipinski definition) is 2. The Morgan fingerprint density at radius 1 is 1.12 bits per heavy atom. The number of carbonyl (C=O) groups is 2.